The maximum atomic E-state index is 11.9. The fourth-order valence-electron chi connectivity index (χ4n) is 1.36. The van der Waals surface area contributed by atoms with Crippen LogP contribution in [0.15, 0.2) is 15.9 Å². The lowest BCUT2D eigenvalue weighted by atomic mass is 10.3. The molecule has 0 aliphatic rings. The molecule has 0 bridgehead atoms. The number of aromatic amines is 1. The highest BCUT2D eigenvalue weighted by atomic mass is 79.9. The van der Waals surface area contributed by atoms with Crippen LogP contribution < -0.4 is 5.32 Å². The van der Waals surface area contributed by atoms with Crippen LogP contribution in [-0.2, 0) is 6.42 Å². The number of nitrogens with zero attached hydrogens (tertiary/aromatic N) is 1. The minimum Gasteiger partial charge on any atom is -0.304 e. The Morgan fingerprint density at radius 3 is 2.88 bits per heavy atom. The minimum absolute atomic E-state index is 0.127. The van der Waals surface area contributed by atoms with E-state index in [-0.39, 0.29) is 5.91 Å². The van der Waals surface area contributed by atoms with Crippen LogP contribution in [0.4, 0.5) is 5.82 Å². The highest BCUT2D eigenvalue weighted by Gasteiger charge is 2.12. The molecule has 0 aliphatic carbocycles. The zero-order valence-electron chi connectivity index (χ0n) is 9.50. The average Bonchev–Trinajstić information content (AvgIpc) is 2.87. The number of H-pyrrole nitrogens is 1. The molecule has 2 aromatic heterocycles. The van der Waals surface area contributed by atoms with Gasteiger partial charge in [0, 0.05) is 11.8 Å². The van der Waals surface area contributed by atoms with Gasteiger partial charge in [0.15, 0.2) is 5.82 Å². The lowest BCUT2D eigenvalue weighted by Crippen LogP contribution is -2.10. The molecule has 0 saturated heterocycles. The lowest BCUT2D eigenvalue weighted by molar-refractivity contribution is 0.103. The van der Waals surface area contributed by atoms with Crippen LogP contribution in [0.2, 0.25) is 0 Å². The smallest absolute Gasteiger partial charge is 0.266 e. The van der Waals surface area contributed by atoms with Crippen LogP contribution in [0.1, 0.15) is 27.9 Å². The van der Waals surface area contributed by atoms with E-state index in [2.05, 4.69) is 31.4 Å². The van der Waals surface area contributed by atoms with Crippen LogP contribution >= 0.6 is 27.3 Å². The lowest BCUT2D eigenvalue weighted by Gasteiger charge is -1.97. The standard InChI is InChI=1S/C11H12BrN3OS/c1-3-7-5-9(15-14-7)13-11(16)8-4-6(2)10(12)17-8/h4-5H,3H2,1-2H3,(H2,13,14,15,16). The monoisotopic (exact) mass is 313 g/mol. The SMILES string of the molecule is CCc1cc(NC(=O)c2cc(C)c(Br)s2)n[nH]1. The predicted molar refractivity (Wildman–Crippen MR) is 72.7 cm³/mol. The molecule has 0 radical (unpaired) electrons. The summed E-state index contributed by atoms with van der Waals surface area (Å²) in [5, 5.41) is 9.64. The summed E-state index contributed by atoms with van der Waals surface area (Å²) < 4.78 is 0.985. The second-order valence-electron chi connectivity index (χ2n) is 3.65. The molecule has 0 fully saturated rings. The van der Waals surface area contributed by atoms with Gasteiger partial charge >= 0.3 is 0 Å². The third-order valence-electron chi connectivity index (χ3n) is 2.33. The Morgan fingerprint density at radius 2 is 2.35 bits per heavy atom. The summed E-state index contributed by atoms with van der Waals surface area (Å²) in [6.07, 6.45) is 0.868. The first-order valence-electron chi connectivity index (χ1n) is 5.21. The van der Waals surface area contributed by atoms with E-state index in [4.69, 9.17) is 0 Å². The number of halogens is 1. The molecule has 0 saturated carbocycles. The summed E-state index contributed by atoms with van der Waals surface area (Å²) >= 11 is 4.82. The van der Waals surface area contributed by atoms with Crippen molar-refractivity contribution in [2.75, 3.05) is 5.32 Å². The van der Waals surface area contributed by atoms with E-state index in [0.717, 1.165) is 21.5 Å². The average molecular weight is 314 g/mol. The number of carbonyl (C=O) groups excluding carboxylic acids is 1. The number of hydrogen-bond donors (Lipinski definition) is 2. The maximum Gasteiger partial charge on any atom is 0.266 e. The number of hydrogen-bond acceptors (Lipinski definition) is 3. The zero-order chi connectivity index (χ0) is 12.4. The van der Waals surface area contributed by atoms with E-state index in [1.807, 2.05) is 26.0 Å². The molecule has 2 rings (SSSR count). The van der Waals surface area contributed by atoms with Crippen LogP contribution in [0.25, 0.3) is 0 Å². The summed E-state index contributed by atoms with van der Waals surface area (Å²) in [6.45, 7) is 3.99. The van der Waals surface area contributed by atoms with Crippen molar-refractivity contribution in [3.05, 3.63) is 32.1 Å². The molecular formula is C11H12BrN3OS. The van der Waals surface area contributed by atoms with Gasteiger partial charge in [-0.05, 0) is 40.9 Å². The van der Waals surface area contributed by atoms with Crippen molar-refractivity contribution in [2.24, 2.45) is 0 Å². The molecule has 2 aromatic rings. The number of rotatable bonds is 3. The second kappa shape index (κ2) is 5.01. The Kier molecular flexibility index (Phi) is 3.63. The largest absolute Gasteiger partial charge is 0.304 e. The van der Waals surface area contributed by atoms with Crippen molar-refractivity contribution in [1.82, 2.24) is 10.2 Å². The first kappa shape index (κ1) is 12.3. The first-order valence-corrected chi connectivity index (χ1v) is 6.82. The van der Waals surface area contributed by atoms with Gasteiger partial charge in [0.05, 0.1) is 8.66 Å². The van der Waals surface area contributed by atoms with E-state index in [1.165, 1.54) is 11.3 Å². The Labute approximate surface area is 112 Å². The summed E-state index contributed by atoms with van der Waals surface area (Å²) in [5.41, 5.74) is 2.07. The fraction of sp³-hybridized carbons (Fsp3) is 0.273. The van der Waals surface area contributed by atoms with Crippen LogP contribution in [0.5, 0.6) is 0 Å². The first-order chi connectivity index (χ1) is 8.10. The fourth-order valence-corrected chi connectivity index (χ4v) is 2.79. The summed E-state index contributed by atoms with van der Waals surface area (Å²) in [7, 11) is 0. The quantitative estimate of drug-likeness (QED) is 0.913. The van der Waals surface area contributed by atoms with Gasteiger partial charge in [0.25, 0.3) is 5.91 Å². The normalized spacial score (nSPS) is 10.5. The molecule has 0 atom stereocenters. The molecule has 90 valence electrons. The maximum absolute atomic E-state index is 11.9. The number of amides is 1. The number of aromatic nitrogens is 2. The van der Waals surface area contributed by atoms with Gasteiger partial charge in [-0.15, -0.1) is 11.3 Å². The number of aryl methyl sites for hydroxylation is 2. The second-order valence-corrected chi connectivity index (χ2v) is 6.02. The number of carbonyl (C=O) groups is 1. The van der Waals surface area contributed by atoms with Crippen molar-refractivity contribution in [3.63, 3.8) is 0 Å². The van der Waals surface area contributed by atoms with Crippen molar-refractivity contribution in [2.45, 2.75) is 20.3 Å². The van der Waals surface area contributed by atoms with Gasteiger partial charge in [0.1, 0.15) is 0 Å². The predicted octanol–water partition coefficient (Wildman–Crippen LogP) is 3.36. The van der Waals surface area contributed by atoms with Gasteiger partial charge < -0.3 is 5.32 Å². The molecule has 4 nitrogen and oxygen atoms in total. The minimum atomic E-state index is -0.127. The van der Waals surface area contributed by atoms with E-state index in [1.54, 1.807) is 0 Å². The Morgan fingerprint density at radius 1 is 1.59 bits per heavy atom. The van der Waals surface area contributed by atoms with Crippen LogP contribution in [0.3, 0.4) is 0 Å². The highest BCUT2D eigenvalue weighted by molar-refractivity contribution is 9.11. The number of nitrogens with one attached hydrogen (secondary N) is 2. The third kappa shape index (κ3) is 2.76. The van der Waals surface area contributed by atoms with Gasteiger partial charge in [-0.25, -0.2) is 0 Å². The van der Waals surface area contributed by atoms with Crippen molar-refractivity contribution in [1.29, 1.82) is 0 Å². The summed E-state index contributed by atoms with van der Waals surface area (Å²) in [5.74, 6) is 0.437. The Hall–Kier alpha value is -1.14. The summed E-state index contributed by atoms with van der Waals surface area (Å²) in [4.78, 5) is 12.6. The van der Waals surface area contributed by atoms with Crippen LogP contribution in [-0.4, -0.2) is 16.1 Å². The topological polar surface area (TPSA) is 57.8 Å². The Bertz CT molecular complexity index is 527. The molecular weight excluding hydrogens is 302 g/mol. The third-order valence-corrected chi connectivity index (χ3v) is 4.47. The van der Waals surface area contributed by atoms with E-state index in [0.29, 0.717) is 10.7 Å². The van der Waals surface area contributed by atoms with Crippen molar-refractivity contribution >= 4 is 39.0 Å². The van der Waals surface area contributed by atoms with Gasteiger partial charge in [0.2, 0.25) is 0 Å². The van der Waals surface area contributed by atoms with Crippen LogP contribution in [0, 0.1) is 6.92 Å². The molecule has 2 N–H and O–H groups in total. The van der Waals surface area contributed by atoms with Gasteiger partial charge in [-0.3, -0.25) is 9.89 Å². The summed E-state index contributed by atoms with van der Waals surface area (Å²) in [6, 6.07) is 3.70. The molecule has 0 unspecified atom stereocenters. The zero-order valence-corrected chi connectivity index (χ0v) is 11.9. The van der Waals surface area contributed by atoms with Crippen molar-refractivity contribution < 1.29 is 4.79 Å². The van der Waals surface area contributed by atoms with Crippen molar-refractivity contribution in [3.8, 4) is 0 Å². The molecule has 0 aliphatic heterocycles. The molecule has 17 heavy (non-hydrogen) atoms. The Balaban J connectivity index is 2.11. The molecule has 0 aromatic carbocycles. The van der Waals surface area contributed by atoms with E-state index in [9.17, 15) is 4.79 Å². The molecule has 1 amide bonds. The van der Waals surface area contributed by atoms with E-state index >= 15 is 0 Å². The molecule has 0 spiro atoms. The molecule has 6 heteroatoms. The number of thiophene rings is 1. The van der Waals surface area contributed by atoms with Gasteiger partial charge in [-0.2, -0.15) is 5.10 Å². The highest BCUT2D eigenvalue weighted by Crippen LogP contribution is 2.27. The van der Waals surface area contributed by atoms with E-state index < -0.39 is 0 Å². The number of anilines is 1. The van der Waals surface area contributed by atoms with Gasteiger partial charge in [-0.1, -0.05) is 6.92 Å². The molecule has 2 heterocycles.